The molecule has 0 fully saturated rings. The first-order chi connectivity index (χ1) is 14.7. The number of nitrogens with zero attached hydrogens (tertiary/aromatic N) is 3. The van der Waals surface area contributed by atoms with E-state index in [0.29, 0.717) is 23.0 Å². The Bertz CT molecular complexity index is 1230. The highest BCUT2D eigenvalue weighted by Gasteiger charge is 2.34. The van der Waals surface area contributed by atoms with Crippen molar-refractivity contribution in [3.63, 3.8) is 0 Å². The van der Waals surface area contributed by atoms with Crippen molar-refractivity contribution in [2.75, 3.05) is 5.32 Å². The molecule has 0 aliphatic heterocycles. The van der Waals surface area contributed by atoms with Crippen LogP contribution < -0.4 is 5.32 Å². The molecular formula is C21H17F3N4O2S. The highest BCUT2D eigenvalue weighted by Crippen LogP contribution is 2.34. The van der Waals surface area contributed by atoms with Gasteiger partial charge in [-0.1, -0.05) is 18.2 Å². The van der Waals surface area contributed by atoms with Gasteiger partial charge in [0, 0.05) is 6.07 Å². The van der Waals surface area contributed by atoms with Gasteiger partial charge >= 0.3 is 6.18 Å². The Morgan fingerprint density at radius 3 is 2.68 bits per heavy atom. The summed E-state index contributed by atoms with van der Waals surface area (Å²) in [6.45, 7) is 3.35. The molecule has 0 unspecified atom stereocenters. The number of thiophene rings is 1. The van der Waals surface area contributed by atoms with Gasteiger partial charge in [0.15, 0.2) is 0 Å². The second-order valence-electron chi connectivity index (χ2n) is 6.82. The van der Waals surface area contributed by atoms with Crippen molar-refractivity contribution in [1.29, 1.82) is 0 Å². The van der Waals surface area contributed by atoms with Crippen LogP contribution in [0.2, 0.25) is 0 Å². The maximum atomic E-state index is 13.4. The molecule has 0 aliphatic rings. The highest BCUT2D eigenvalue weighted by molar-refractivity contribution is 7.13. The molecular weight excluding hydrogens is 429 g/mol. The number of carbonyl (C=O) groups excluding carboxylic acids is 1. The van der Waals surface area contributed by atoms with Crippen LogP contribution in [0.3, 0.4) is 0 Å². The quantitative estimate of drug-likeness (QED) is 0.445. The Morgan fingerprint density at radius 2 is 1.97 bits per heavy atom. The predicted molar refractivity (Wildman–Crippen MR) is 110 cm³/mol. The largest absolute Gasteiger partial charge is 0.440 e. The molecule has 6 nitrogen and oxygen atoms in total. The van der Waals surface area contributed by atoms with Crippen molar-refractivity contribution in [3.8, 4) is 16.5 Å². The van der Waals surface area contributed by atoms with Crippen LogP contribution in [0.15, 0.2) is 52.3 Å². The van der Waals surface area contributed by atoms with Gasteiger partial charge in [-0.25, -0.2) is 9.67 Å². The summed E-state index contributed by atoms with van der Waals surface area (Å²) in [6, 6.07) is 10.3. The van der Waals surface area contributed by atoms with Crippen LogP contribution in [-0.2, 0) is 17.4 Å². The SMILES string of the molecule is Cc1cc(NC(=O)Cc2nc(-c3cccs3)oc2C)n(-c2ccccc2C(F)(F)F)n1. The molecule has 10 heteroatoms. The van der Waals surface area contributed by atoms with E-state index in [9.17, 15) is 18.0 Å². The van der Waals surface area contributed by atoms with Crippen LogP contribution >= 0.6 is 11.3 Å². The van der Waals surface area contributed by atoms with E-state index in [1.54, 1.807) is 13.8 Å². The molecule has 0 atom stereocenters. The van der Waals surface area contributed by atoms with E-state index in [1.807, 2.05) is 17.5 Å². The fraction of sp³-hybridized carbons (Fsp3) is 0.190. The summed E-state index contributed by atoms with van der Waals surface area (Å²) in [4.78, 5) is 17.9. The number of oxazole rings is 1. The molecule has 1 aromatic carbocycles. The maximum absolute atomic E-state index is 13.4. The van der Waals surface area contributed by atoms with E-state index in [4.69, 9.17) is 4.42 Å². The van der Waals surface area contributed by atoms with Gasteiger partial charge in [-0.2, -0.15) is 18.3 Å². The summed E-state index contributed by atoms with van der Waals surface area (Å²) in [5, 5.41) is 8.68. The Labute approximate surface area is 179 Å². The smallest absolute Gasteiger partial charge is 0.418 e. The number of carbonyl (C=O) groups is 1. The number of hydrogen-bond donors (Lipinski definition) is 1. The number of para-hydroxylation sites is 1. The topological polar surface area (TPSA) is 73.0 Å². The first-order valence-electron chi connectivity index (χ1n) is 9.25. The second-order valence-corrected chi connectivity index (χ2v) is 7.77. The molecule has 0 radical (unpaired) electrons. The highest BCUT2D eigenvalue weighted by atomic mass is 32.1. The first-order valence-corrected chi connectivity index (χ1v) is 10.1. The van der Waals surface area contributed by atoms with Crippen molar-refractivity contribution in [2.45, 2.75) is 26.4 Å². The summed E-state index contributed by atoms with van der Waals surface area (Å²) in [5.41, 5.74) is -0.0956. The molecule has 0 spiro atoms. The van der Waals surface area contributed by atoms with Crippen LogP contribution in [0.4, 0.5) is 19.0 Å². The van der Waals surface area contributed by atoms with Crippen molar-refractivity contribution >= 4 is 23.1 Å². The van der Waals surface area contributed by atoms with Gasteiger partial charge in [0.2, 0.25) is 11.8 Å². The fourth-order valence-electron chi connectivity index (χ4n) is 3.11. The third-order valence-electron chi connectivity index (χ3n) is 4.49. The van der Waals surface area contributed by atoms with Crippen molar-refractivity contribution in [2.24, 2.45) is 0 Å². The van der Waals surface area contributed by atoms with E-state index in [0.717, 1.165) is 15.6 Å². The van der Waals surface area contributed by atoms with E-state index in [2.05, 4.69) is 15.4 Å². The van der Waals surface area contributed by atoms with Crippen molar-refractivity contribution in [1.82, 2.24) is 14.8 Å². The minimum absolute atomic E-state index is 0.0914. The molecule has 31 heavy (non-hydrogen) atoms. The lowest BCUT2D eigenvalue weighted by Gasteiger charge is -2.15. The molecule has 0 saturated heterocycles. The van der Waals surface area contributed by atoms with E-state index >= 15 is 0 Å². The molecule has 3 heterocycles. The average molecular weight is 446 g/mol. The van der Waals surface area contributed by atoms with Crippen LogP contribution in [0, 0.1) is 13.8 Å². The number of rotatable bonds is 5. The van der Waals surface area contributed by atoms with Gasteiger partial charge in [-0.05, 0) is 37.4 Å². The van der Waals surface area contributed by atoms with Gasteiger partial charge in [-0.15, -0.1) is 11.3 Å². The standard InChI is InChI=1S/C21H17F3N4O2S/c1-12-10-18(28(27-12)16-7-4-3-6-14(16)21(22,23)24)26-19(29)11-15-13(2)30-20(25-15)17-8-5-9-31-17/h3-10H,11H2,1-2H3,(H,26,29). The summed E-state index contributed by atoms with van der Waals surface area (Å²) >= 11 is 1.46. The lowest BCUT2D eigenvalue weighted by molar-refractivity contribution is -0.137. The number of benzene rings is 1. The number of nitrogens with one attached hydrogen (secondary N) is 1. The lowest BCUT2D eigenvalue weighted by Crippen LogP contribution is -2.19. The van der Waals surface area contributed by atoms with E-state index < -0.39 is 17.6 Å². The average Bonchev–Trinajstić information content (AvgIpc) is 3.42. The van der Waals surface area contributed by atoms with E-state index in [1.165, 1.54) is 35.6 Å². The Morgan fingerprint density at radius 1 is 1.19 bits per heavy atom. The second kappa shape index (κ2) is 8.03. The number of alkyl halides is 3. The van der Waals surface area contributed by atoms with Crippen LogP contribution in [0.5, 0.6) is 0 Å². The van der Waals surface area contributed by atoms with Gasteiger partial charge in [0.05, 0.1) is 33.9 Å². The molecule has 1 N–H and O–H groups in total. The summed E-state index contributed by atoms with van der Waals surface area (Å²) < 4.78 is 47.0. The molecule has 0 bridgehead atoms. The monoisotopic (exact) mass is 446 g/mol. The van der Waals surface area contributed by atoms with Gasteiger partial charge in [0.1, 0.15) is 11.6 Å². The molecule has 4 rings (SSSR count). The Kier molecular flexibility index (Phi) is 5.40. The number of aryl methyl sites for hydroxylation is 2. The van der Waals surface area contributed by atoms with Crippen LogP contribution in [0.1, 0.15) is 22.7 Å². The summed E-state index contributed by atoms with van der Waals surface area (Å²) in [6.07, 6.45) is -4.65. The summed E-state index contributed by atoms with van der Waals surface area (Å²) in [5.74, 6) is 0.625. The third kappa shape index (κ3) is 4.38. The Balaban J connectivity index is 1.59. The zero-order valence-electron chi connectivity index (χ0n) is 16.5. The number of amides is 1. The van der Waals surface area contributed by atoms with E-state index in [-0.39, 0.29) is 17.9 Å². The molecule has 160 valence electrons. The number of hydrogen-bond acceptors (Lipinski definition) is 5. The normalized spacial score (nSPS) is 11.6. The van der Waals surface area contributed by atoms with Gasteiger partial charge < -0.3 is 9.73 Å². The van der Waals surface area contributed by atoms with Crippen molar-refractivity contribution < 1.29 is 22.4 Å². The van der Waals surface area contributed by atoms with Gasteiger partial charge in [0.25, 0.3) is 0 Å². The van der Waals surface area contributed by atoms with Gasteiger partial charge in [-0.3, -0.25) is 4.79 Å². The Hall–Kier alpha value is -3.40. The number of anilines is 1. The first kappa shape index (κ1) is 20.9. The summed E-state index contributed by atoms with van der Waals surface area (Å²) in [7, 11) is 0. The number of aromatic nitrogens is 3. The maximum Gasteiger partial charge on any atom is 0.418 e. The van der Waals surface area contributed by atoms with Crippen LogP contribution in [0.25, 0.3) is 16.5 Å². The minimum atomic E-state index is -4.56. The zero-order chi connectivity index (χ0) is 22.2. The molecule has 1 amide bonds. The van der Waals surface area contributed by atoms with Crippen LogP contribution in [-0.4, -0.2) is 20.7 Å². The predicted octanol–water partition coefficient (Wildman–Crippen LogP) is 5.41. The molecule has 4 aromatic rings. The molecule has 0 saturated carbocycles. The third-order valence-corrected chi connectivity index (χ3v) is 5.35. The minimum Gasteiger partial charge on any atom is -0.440 e. The lowest BCUT2D eigenvalue weighted by atomic mass is 10.1. The zero-order valence-corrected chi connectivity index (χ0v) is 17.3. The molecule has 0 aliphatic carbocycles. The van der Waals surface area contributed by atoms with Crippen molar-refractivity contribution in [3.05, 3.63) is 70.6 Å². The fourth-order valence-corrected chi connectivity index (χ4v) is 3.76. The molecule has 3 aromatic heterocycles. The number of halogens is 3.